The SMILES string of the molecule is CCCCCCCC/C=C\CCCCCCCCCC(=O)OCC(COCCCCCCCCCCCCCCCC)OC(=O)CCCCCCCCCCC. The van der Waals surface area contributed by atoms with Gasteiger partial charge in [0.05, 0.1) is 6.61 Å². The summed E-state index contributed by atoms with van der Waals surface area (Å²) in [6, 6.07) is 0. The van der Waals surface area contributed by atoms with Crippen molar-refractivity contribution >= 4 is 11.9 Å². The van der Waals surface area contributed by atoms with E-state index in [9.17, 15) is 9.59 Å². The summed E-state index contributed by atoms with van der Waals surface area (Å²) in [4.78, 5) is 25.3. The summed E-state index contributed by atoms with van der Waals surface area (Å²) in [5.74, 6) is -0.386. The largest absolute Gasteiger partial charge is 0.462 e. The Morgan fingerprint density at radius 1 is 0.375 bits per heavy atom. The van der Waals surface area contributed by atoms with Gasteiger partial charge in [0.2, 0.25) is 0 Å². The van der Waals surface area contributed by atoms with Gasteiger partial charge >= 0.3 is 11.9 Å². The summed E-state index contributed by atoms with van der Waals surface area (Å²) >= 11 is 0. The van der Waals surface area contributed by atoms with E-state index in [1.165, 1.54) is 212 Å². The lowest BCUT2D eigenvalue weighted by atomic mass is 10.0. The molecule has 0 amide bonds. The van der Waals surface area contributed by atoms with Gasteiger partial charge < -0.3 is 14.2 Å². The molecule has 0 aliphatic carbocycles. The van der Waals surface area contributed by atoms with Crippen molar-refractivity contribution in [1.29, 1.82) is 0 Å². The second-order valence-corrected chi connectivity index (χ2v) is 17.1. The first-order valence-corrected chi connectivity index (χ1v) is 25.2. The van der Waals surface area contributed by atoms with Crippen molar-refractivity contribution in [3.8, 4) is 0 Å². The van der Waals surface area contributed by atoms with Crippen LogP contribution in [0.15, 0.2) is 12.2 Å². The molecule has 5 nitrogen and oxygen atoms in total. The van der Waals surface area contributed by atoms with Crippen molar-refractivity contribution in [2.24, 2.45) is 0 Å². The fraction of sp³-hybridized carbons (Fsp3) is 0.922. The van der Waals surface area contributed by atoms with Gasteiger partial charge in [-0.15, -0.1) is 0 Å². The molecule has 0 aromatic carbocycles. The van der Waals surface area contributed by atoms with Gasteiger partial charge in [-0.05, 0) is 44.9 Å². The molecule has 1 unspecified atom stereocenters. The van der Waals surface area contributed by atoms with Gasteiger partial charge in [-0.2, -0.15) is 0 Å². The van der Waals surface area contributed by atoms with Gasteiger partial charge in [0, 0.05) is 19.4 Å². The summed E-state index contributed by atoms with van der Waals surface area (Å²) in [5, 5.41) is 0. The molecule has 5 heteroatoms. The fourth-order valence-electron chi connectivity index (χ4n) is 7.51. The molecule has 0 rings (SSSR count). The van der Waals surface area contributed by atoms with E-state index >= 15 is 0 Å². The number of hydrogen-bond acceptors (Lipinski definition) is 5. The zero-order valence-corrected chi connectivity index (χ0v) is 38.2. The Morgan fingerprint density at radius 2 is 0.696 bits per heavy atom. The lowest BCUT2D eigenvalue weighted by molar-refractivity contribution is -0.163. The lowest BCUT2D eigenvalue weighted by Gasteiger charge is -2.18. The molecule has 0 bridgehead atoms. The van der Waals surface area contributed by atoms with Crippen LogP contribution in [0.25, 0.3) is 0 Å². The maximum Gasteiger partial charge on any atom is 0.306 e. The summed E-state index contributed by atoms with van der Waals surface area (Å²) < 4.78 is 17.4. The molecule has 0 aliphatic heterocycles. The summed E-state index contributed by atoms with van der Waals surface area (Å²) in [6.07, 6.45) is 53.6. The van der Waals surface area contributed by atoms with Crippen LogP contribution in [-0.4, -0.2) is 37.9 Å². The number of esters is 2. The van der Waals surface area contributed by atoms with E-state index in [0.29, 0.717) is 26.1 Å². The van der Waals surface area contributed by atoms with E-state index in [1.807, 2.05) is 0 Å². The zero-order valence-electron chi connectivity index (χ0n) is 38.2. The van der Waals surface area contributed by atoms with Crippen LogP contribution in [0.3, 0.4) is 0 Å². The van der Waals surface area contributed by atoms with Crippen LogP contribution >= 0.6 is 0 Å². The van der Waals surface area contributed by atoms with Crippen molar-refractivity contribution in [3.63, 3.8) is 0 Å². The number of carbonyl (C=O) groups is 2. The van der Waals surface area contributed by atoms with E-state index in [4.69, 9.17) is 14.2 Å². The van der Waals surface area contributed by atoms with E-state index in [2.05, 4.69) is 32.9 Å². The quantitative estimate of drug-likeness (QED) is 0.0349. The van der Waals surface area contributed by atoms with Crippen LogP contribution in [0, 0.1) is 0 Å². The maximum absolute atomic E-state index is 12.7. The first-order valence-electron chi connectivity index (χ1n) is 25.2. The van der Waals surface area contributed by atoms with E-state index in [1.54, 1.807) is 0 Å². The van der Waals surface area contributed by atoms with Gasteiger partial charge in [0.1, 0.15) is 6.61 Å². The molecular weight excluding hydrogens is 693 g/mol. The van der Waals surface area contributed by atoms with Gasteiger partial charge in [-0.1, -0.05) is 232 Å². The number of ether oxygens (including phenoxy) is 3. The highest BCUT2D eigenvalue weighted by molar-refractivity contribution is 5.70. The van der Waals surface area contributed by atoms with E-state index in [0.717, 1.165) is 32.1 Å². The number of unbranched alkanes of at least 4 members (excludes halogenated alkanes) is 34. The molecule has 0 N–H and O–H groups in total. The number of hydrogen-bond donors (Lipinski definition) is 0. The Bertz CT molecular complexity index is 810. The summed E-state index contributed by atoms with van der Waals surface area (Å²) in [7, 11) is 0. The standard InChI is InChI=1S/C51H98O5/c1-4-7-10-13-16-19-21-23-25-26-27-28-30-33-35-38-41-44-50(52)55-48-49(56-51(53)45-42-39-36-32-18-15-12-9-6-3)47-54-46-43-40-37-34-31-29-24-22-20-17-14-11-8-5-2/h23,25,49H,4-22,24,26-48H2,1-3H3/b25-23-. The minimum atomic E-state index is -0.526. The van der Waals surface area contributed by atoms with Gasteiger partial charge in [0.15, 0.2) is 6.10 Å². The Kier molecular flexibility index (Phi) is 46.8. The van der Waals surface area contributed by atoms with Crippen LogP contribution in [-0.2, 0) is 23.8 Å². The third kappa shape index (κ3) is 45.3. The van der Waals surface area contributed by atoms with Crippen LogP contribution in [0.5, 0.6) is 0 Å². The lowest BCUT2D eigenvalue weighted by Crippen LogP contribution is -2.30. The molecule has 0 saturated carbocycles. The van der Waals surface area contributed by atoms with Crippen LogP contribution < -0.4 is 0 Å². The predicted molar refractivity (Wildman–Crippen MR) is 242 cm³/mol. The third-order valence-corrected chi connectivity index (χ3v) is 11.3. The zero-order chi connectivity index (χ0) is 40.7. The van der Waals surface area contributed by atoms with Crippen LogP contribution in [0.1, 0.15) is 278 Å². The van der Waals surface area contributed by atoms with Gasteiger partial charge in [-0.25, -0.2) is 0 Å². The second kappa shape index (κ2) is 48.0. The Morgan fingerprint density at radius 3 is 1.09 bits per heavy atom. The minimum Gasteiger partial charge on any atom is -0.462 e. The highest BCUT2D eigenvalue weighted by Gasteiger charge is 2.17. The fourth-order valence-corrected chi connectivity index (χ4v) is 7.51. The first-order chi connectivity index (χ1) is 27.6. The maximum atomic E-state index is 12.7. The average Bonchev–Trinajstić information content (AvgIpc) is 3.20. The van der Waals surface area contributed by atoms with E-state index < -0.39 is 6.10 Å². The third-order valence-electron chi connectivity index (χ3n) is 11.3. The highest BCUT2D eigenvalue weighted by atomic mass is 16.6. The number of rotatable bonds is 47. The molecule has 0 aliphatic rings. The summed E-state index contributed by atoms with van der Waals surface area (Å²) in [5.41, 5.74) is 0. The van der Waals surface area contributed by atoms with Crippen molar-refractivity contribution in [1.82, 2.24) is 0 Å². The average molecular weight is 791 g/mol. The first kappa shape index (κ1) is 54.6. The van der Waals surface area contributed by atoms with Gasteiger partial charge in [-0.3, -0.25) is 9.59 Å². The molecule has 0 heterocycles. The molecular formula is C51H98O5. The molecule has 1 atom stereocenters. The molecule has 0 aromatic heterocycles. The Labute approximate surface area is 350 Å². The second-order valence-electron chi connectivity index (χ2n) is 17.1. The molecule has 0 saturated heterocycles. The van der Waals surface area contributed by atoms with Gasteiger partial charge in [0.25, 0.3) is 0 Å². The Hall–Kier alpha value is -1.36. The van der Waals surface area contributed by atoms with Crippen LogP contribution in [0.4, 0.5) is 0 Å². The van der Waals surface area contributed by atoms with Crippen molar-refractivity contribution in [3.05, 3.63) is 12.2 Å². The molecule has 0 fully saturated rings. The van der Waals surface area contributed by atoms with Crippen molar-refractivity contribution < 1.29 is 23.8 Å². The monoisotopic (exact) mass is 791 g/mol. The topological polar surface area (TPSA) is 61.8 Å². The van der Waals surface area contributed by atoms with Crippen molar-refractivity contribution in [2.75, 3.05) is 19.8 Å². The Balaban J connectivity index is 4.14. The predicted octanol–water partition coefficient (Wildman–Crippen LogP) is 16.7. The molecule has 0 aromatic rings. The van der Waals surface area contributed by atoms with Crippen molar-refractivity contribution in [2.45, 2.75) is 284 Å². The number of carbonyl (C=O) groups excluding carboxylic acids is 2. The molecule has 0 spiro atoms. The number of allylic oxidation sites excluding steroid dienone is 2. The molecule has 332 valence electrons. The molecule has 0 radical (unpaired) electrons. The normalized spacial score (nSPS) is 12.1. The van der Waals surface area contributed by atoms with E-state index in [-0.39, 0.29) is 18.5 Å². The minimum absolute atomic E-state index is 0.0917. The smallest absolute Gasteiger partial charge is 0.306 e. The summed E-state index contributed by atoms with van der Waals surface area (Å²) in [6.45, 7) is 7.86. The highest BCUT2D eigenvalue weighted by Crippen LogP contribution is 2.15. The molecule has 56 heavy (non-hydrogen) atoms. The van der Waals surface area contributed by atoms with Crippen LogP contribution in [0.2, 0.25) is 0 Å².